The highest BCUT2D eigenvalue weighted by molar-refractivity contribution is 7.13. The largest absolute Gasteiger partial charge is 0.397 e. The van der Waals surface area contributed by atoms with Crippen molar-refractivity contribution in [1.82, 2.24) is 4.98 Å². The van der Waals surface area contributed by atoms with Gasteiger partial charge in [0, 0.05) is 16.6 Å². The van der Waals surface area contributed by atoms with Gasteiger partial charge in [0.05, 0.1) is 11.9 Å². The Hall–Kier alpha value is -1.35. The first-order valence-corrected chi connectivity index (χ1v) is 4.49. The number of thiophene rings is 1. The predicted octanol–water partition coefficient (Wildman–Crippen LogP) is 2.39. The third kappa shape index (κ3) is 1.19. The molecule has 2 rings (SSSR count). The summed E-state index contributed by atoms with van der Waals surface area (Å²) < 4.78 is 0. The maximum atomic E-state index is 5.76. The summed E-state index contributed by atoms with van der Waals surface area (Å²) in [6, 6.07) is 6.00. The molecule has 2 nitrogen and oxygen atoms in total. The lowest BCUT2D eigenvalue weighted by atomic mass is 10.2. The highest BCUT2D eigenvalue weighted by Gasteiger charge is 2.01. The molecule has 0 bridgehead atoms. The summed E-state index contributed by atoms with van der Waals surface area (Å²) in [5.41, 5.74) is 7.56. The fourth-order valence-corrected chi connectivity index (χ4v) is 1.84. The molecule has 2 N–H and O–H groups in total. The second-order valence-electron chi connectivity index (χ2n) is 2.44. The highest BCUT2D eigenvalue weighted by atomic mass is 32.1. The number of rotatable bonds is 1. The van der Waals surface area contributed by atoms with Gasteiger partial charge in [0.25, 0.3) is 0 Å². The lowest BCUT2D eigenvalue weighted by molar-refractivity contribution is 1.34. The van der Waals surface area contributed by atoms with E-state index in [4.69, 9.17) is 5.73 Å². The Kier molecular flexibility index (Phi) is 1.80. The Morgan fingerprint density at radius 2 is 2.25 bits per heavy atom. The number of anilines is 1. The van der Waals surface area contributed by atoms with Crippen molar-refractivity contribution in [3.63, 3.8) is 0 Å². The van der Waals surface area contributed by atoms with Crippen LogP contribution >= 0.6 is 11.3 Å². The molecule has 0 aromatic carbocycles. The van der Waals surface area contributed by atoms with Crippen molar-refractivity contribution in [2.75, 3.05) is 5.73 Å². The molecule has 0 aliphatic rings. The summed E-state index contributed by atoms with van der Waals surface area (Å²) in [7, 11) is 0. The molecule has 3 heteroatoms. The normalized spacial score (nSPS) is 10.0. The van der Waals surface area contributed by atoms with E-state index < -0.39 is 0 Å². The van der Waals surface area contributed by atoms with Crippen LogP contribution in [0.25, 0.3) is 10.4 Å². The van der Waals surface area contributed by atoms with Crippen molar-refractivity contribution in [3.8, 4) is 10.4 Å². The van der Waals surface area contributed by atoms with Gasteiger partial charge in [-0.2, -0.15) is 0 Å². The van der Waals surface area contributed by atoms with E-state index in [1.807, 2.05) is 17.5 Å². The van der Waals surface area contributed by atoms with Gasteiger partial charge in [-0.05, 0) is 17.5 Å². The molecule has 0 radical (unpaired) electrons. The van der Waals surface area contributed by atoms with E-state index in [2.05, 4.69) is 11.1 Å². The molecule has 60 valence electrons. The molecule has 0 aliphatic carbocycles. The van der Waals surface area contributed by atoms with Crippen LogP contribution in [0.2, 0.25) is 0 Å². The molecule has 2 aromatic heterocycles. The summed E-state index contributed by atoms with van der Waals surface area (Å²) >= 11 is 1.68. The van der Waals surface area contributed by atoms with Gasteiger partial charge in [0.1, 0.15) is 0 Å². The summed E-state index contributed by atoms with van der Waals surface area (Å²) in [6.45, 7) is 0. The van der Waals surface area contributed by atoms with Crippen LogP contribution < -0.4 is 5.73 Å². The molecule has 0 saturated carbocycles. The molecule has 2 heterocycles. The number of pyridine rings is 1. The van der Waals surface area contributed by atoms with Gasteiger partial charge in [-0.1, -0.05) is 6.07 Å². The number of nitrogen functional groups attached to an aromatic ring is 1. The SMILES string of the molecule is Nc1cnccc1-c1cccs1. The third-order valence-electron chi connectivity index (χ3n) is 1.64. The van der Waals surface area contributed by atoms with E-state index in [0.29, 0.717) is 0 Å². The van der Waals surface area contributed by atoms with Gasteiger partial charge in [-0.3, -0.25) is 4.98 Å². The summed E-state index contributed by atoms with van der Waals surface area (Å²) in [5, 5.41) is 2.04. The number of aromatic nitrogens is 1. The van der Waals surface area contributed by atoms with E-state index in [-0.39, 0.29) is 0 Å². The third-order valence-corrected chi connectivity index (χ3v) is 2.54. The molecule has 0 spiro atoms. The number of nitrogens with zero attached hydrogens (tertiary/aromatic N) is 1. The summed E-state index contributed by atoms with van der Waals surface area (Å²) in [6.07, 6.45) is 3.43. The zero-order chi connectivity index (χ0) is 8.39. The average molecular weight is 176 g/mol. The standard InChI is InChI=1S/C9H8N2S/c10-8-6-11-4-3-7(8)9-2-1-5-12-9/h1-6H,10H2. The number of hydrogen-bond acceptors (Lipinski definition) is 3. The Balaban J connectivity index is 2.55. The van der Waals surface area contributed by atoms with E-state index in [1.165, 1.54) is 4.88 Å². The average Bonchev–Trinajstić information content (AvgIpc) is 2.57. The van der Waals surface area contributed by atoms with Gasteiger partial charge in [0.15, 0.2) is 0 Å². The van der Waals surface area contributed by atoms with Crippen LogP contribution in [0, 0.1) is 0 Å². The van der Waals surface area contributed by atoms with Gasteiger partial charge in [-0.25, -0.2) is 0 Å². The van der Waals surface area contributed by atoms with Crippen LogP contribution in [0.3, 0.4) is 0 Å². The maximum Gasteiger partial charge on any atom is 0.0588 e. The first kappa shape index (κ1) is 7.31. The van der Waals surface area contributed by atoms with Crippen molar-refractivity contribution in [3.05, 3.63) is 36.0 Å². The van der Waals surface area contributed by atoms with Crippen molar-refractivity contribution in [1.29, 1.82) is 0 Å². The van der Waals surface area contributed by atoms with Crippen LogP contribution in [0.15, 0.2) is 36.0 Å². The predicted molar refractivity (Wildman–Crippen MR) is 52.0 cm³/mol. The number of nitrogens with two attached hydrogens (primary N) is 1. The molecule has 0 saturated heterocycles. The van der Waals surface area contributed by atoms with E-state index in [1.54, 1.807) is 23.7 Å². The Labute approximate surface area is 74.7 Å². The quantitative estimate of drug-likeness (QED) is 0.724. The number of hydrogen-bond donors (Lipinski definition) is 1. The van der Waals surface area contributed by atoms with Gasteiger partial charge in [-0.15, -0.1) is 11.3 Å². The summed E-state index contributed by atoms with van der Waals surface area (Å²) in [4.78, 5) is 5.12. The monoisotopic (exact) mass is 176 g/mol. The minimum atomic E-state index is 0.736. The molecule has 0 unspecified atom stereocenters. The smallest absolute Gasteiger partial charge is 0.0588 e. The minimum absolute atomic E-state index is 0.736. The van der Waals surface area contributed by atoms with E-state index in [0.717, 1.165) is 11.3 Å². The molecule has 2 aromatic rings. The van der Waals surface area contributed by atoms with Crippen LogP contribution in [-0.2, 0) is 0 Å². The molecular weight excluding hydrogens is 168 g/mol. The molecule has 0 fully saturated rings. The molecule has 12 heavy (non-hydrogen) atoms. The second kappa shape index (κ2) is 2.95. The van der Waals surface area contributed by atoms with Crippen molar-refractivity contribution < 1.29 is 0 Å². The topological polar surface area (TPSA) is 38.9 Å². The zero-order valence-corrected chi connectivity index (χ0v) is 7.21. The van der Waals surface area contributed by atoms with Gasteiger partial charge in [0.2, 0.25) is 0 Å². The fourth-order valence-electron chi connectivity index (χ4n) is 1.06. The van der Waals surface area contributed by atoms with Gasteiger partial charge >= 0.3 is 0 Å². The molecule has 0 aliphatic heterocycles. The zero-order valence-electron chi connectivity index (χ0n) is 6.40. The molecule has 0 amide bonds. The summed E-state index contributed by atoms with van der Waals surface area (Å²) in [5.74, 6) is 0. The van der Waals surface area contributed by atoms with Gasteiger partial charge < -0.3 is 5.73 Å². The minimum Gasteiger partial charge on any atom is -0.397 e. The van der Waals surface area contributed by atoms with Crippen molar-refractivity contribution in [2.24, 2.45) is 0 Å². The Morgan fingerprint density at radius 1 is 1.33 bits per heavy atom. The first-order valence-electron chi connectivity index (χ1n) is 3.61. The lowest BCUT2D eigenvalue weighted by Gasteiger charge is -1.99. The molecular formula is C9H8N2S. The fraction of sp³-hybridized carbons (Fsp3) is 0. The Morgan fingerprint density at radius 3 is 2.92 bits per heavy atom. The van der Waals surface area contributed by atoms with Crippen LogP contribution in [0.4, 0.5) is 5.69 Å². The van der Waals surface area contributed by atoms with E-state index >= 15 is 0 Å². The first-order chi connectivity index (χ1) is 5.88. The van der Waals surface area contributed by atoms with Crippen molar-refractivity contribution in [2.45, 2.75) is 0 Å². The van der Waals surface area contributed by atoms with Crippen LogP contribution in [0.1, 0.15) is 0 Å². The lowest BCUT2D eigenvalue weighted by Crippen LogP contribution is -1.88. The molecule has 0 atom stereocenters. The maximum absolute atomic E-state index is 5.76. The van der Waals surface area contributed by atoms with Crippen molar-refractivity contribution >= 4 is 17.0 Å². The van der Waals surface area contributed by atoms with Crippen LogP contribution in [-0.4, -0.2) is 4.98 Å². The highest BCUT2D eigenvalue weighted by Crippen LogP contribution is 2.28. The van der Waals surface area contributed by atoms with E-state index in [9.17, 15) is 0 Å². The Bertz CT molecular complexity index is 368. The second-order valence-corrected chi connectivity index (χ2v) is 3.39. The van der Waals surface area contributed by atoms with Crippen LogP contribution in [0.5, 0.6) is 0 Å².